The van der Waals surface area contributed by atoms with Gasteiger partial charge in [-0.25, -0.2) is 9.97 Å². The molecule has 1 aromatic carbocycles. The van der Waals surface area contributed by atoms with Gasteiger partial charge in [-0.3, -0.25) is 0 Å². The summed E-state index contributed by atoms with van der Waals surface area (Å²) in [6, 6.07) is 12.2. The van der Waals surface area contributed by atoms with Crippen molar-refractivity contribution >= 4 is 5.82 Å². The number of nitrogens with zero attached hydrogens (tertiary/aromatic N) is 3. The molecule has 0 unspecified atom stereocenters. The molecular formula is C13H12N4. The number of hydrogen-bond acceptors (Lipinski definition) is 4. The molecule has 0 spiro atoms. The molecule has 0 fully saturated rings. The number of nitriles is 1. The maximum Gasteiger partial charge on any atom is 0.158 e. The Kier molecular flexibility index (Phi) is 3.66. The first-order chi connectivity index (χ1) is 8.38. The molecular weight excluding hydrogens is 212 g/mol. The molecule has 4 nitrogen and oxygen atoms in total. The average Bonchev–Trinajstić information content (AvgIpc) is 2.41. The third-order valence-corrected chi connectivity index (χ3v) is 2.33. The quantitative estimate of drug-likeness (QED) is 0.862. The van der Waals surface area contributed by atoms with Crippen molar-refractivity contribution in [2.24, 2.45) is 0 Å². The van der Waals surface area contributed by atoms with Gasteiger partial charge in [0.1, 0.15) is 11.9 Å². The van der Waals surface area contributed by atoms with Gasteiger partial charge < -0.3 is 5.32 Å². The van der Waals surface area contributed by atoms with Gasteiger partial charge in [0, 0.05) is 6.54 Å². The minimum absolute atomic E-state index is 0.332. The van der Waals surface area contributed by atoms with Crippen LogP contribution in [0.4, 0.5) is 5.82 Å². The molecule has 2 aromatic rings. The Hall–Kier alpha value is -2.41. The van der Waals surface area contributed by atoms with Crippen LogP contribution in [0.25, 0.3) is 0 Å². The van der Waals surface area contributed by atoms with Gasteiger partial charge in [-0.2, -0.15) is 5.26 Å². The predicted molar refractivity (Wildman–Crippen MR) is 65.4 cm³/mol. The maximum absolute atomic E-state index is 8.58. The lowest BCUT2D eigenvalue weighted by Crippen LogP contribution is -2.06. The minimum atomic E-state index is 0.332. The summed E-state index contributed by atoms with van der Waals surface area (Å²) in [5, 5.41) is 11.7. The highest BCUT2D eigenvalue weighted by molar-refractivity contribution is 5.33. The second kappa shape index (κ2) is 5.61. The van der Waals surface area contributed by atoms with Gasteiger partial charge in [-0.15, -0.1) is 0 Å². The summed E-state index contributed by atoms with van der Waals surface area (Å²) < 4.78 is 0. The maximum atomic E-state index is 8.58. The van der Waals surface area contributed by atoms with Gasteiger partial charge >= 0.3 is 0 Å². The first-order valence-corrected chi connectivity index (χ1v) is 5.38. The van der Waals surface area contributed by atoms with E-state index in [1.165, 1.54) is 11.8 Å². The topological polar surface area (TPSA) is 61.6 Å². The van der Waals surface area contributed by atoms with Crippen LogP contribution in [0.1, 0.15) is 11.3 Å². The molecule has 0 radical (unpaired) electrons. The molecule has 0 aliphatic rings. The van der Waals surface area contributed by atoms with Crippen LogP contribution in [0.3, 0.4) is 0 Å². The Morgan fingerprint density at radius 3 is 2.59 bits per heavy atom. The van der Waals surface area contributed by atoms with Crippen molar-refractivity contribution in [3.8, 4) is 6.07 Å². The average molecular weight is 224 g/mol. The molecule has 0 aliphatic carbocycles. The van der Waals surface area contributed by atoms with Crippen molar-refractivity contribution in [2.75, 3.05) is 11.9 Å². The van der Waals surface area contributed by atoms with Gasteiger partial charge in [-0.1, -0.05) is 30.3 Å². The summed E-state index contributed by atoms with van der Waals surface area (Å²) in [7, 11) is 0. The van der Waals surface area contributed by atoms with Crippen LogP contribution in [-0.2, 0) is 6.42 Å². The van der Waals surface area contributed by atoms with Crippen LogP contribution < -0.4 is 5.32 Å². The van der Waals surface area contributed by atoms with E-state index in [0.29, 0.717) is 11.5 Å². The Labute approximate surface area is 100.0 Å². The summed E-state index contributed by atoms with van der Waals surface area (Å²) in [4.78, 5) is 8.02. The van der Waals surface area contributed by atoms with Crippen LogP contribution in [0.15, 0.2) is 42.7 Å². The third-order valence-electron chi connectivity index (χ3n) is 2.33. The van der Waals surface area contributed by atoms with Crippen molar-refractivity contribution in [2.45, 2.75) is 6.42 Å². The van der Waals surface area contributed by atoms with Crippen molar-refractivity contribution in [1.82, 2.24) is 9.97 Å². The lowest BCUT2D eigenvalue weighted by molar-refractivity contribution is 0.997. The number of nitrogens with one attached hydrogen (secondary N) is 1. The van der Waals surface area contributed by atoms with Crippen molar-refractivity contribution < 1.29 is 0 Å². The normalized spacial score (nSPS) is 9.59. The summed E-state index contributed by atoms with van der Waals surface area (Å²) in [5.41, 5.74) is 1.61. The zero-order chi connectivity index (χ0) is 11.9. The van der Waals surface area contributed by atoms with E-state index < -0.39 is 0 Å². The second-order valence-electron chi connectivity index (χ2n) is 3.56. The van der Waals surface area contributed by atoms with Gasteiger partial charge in [0.15, 0.2) is 5.69 Å². The Bertz CT molecular complexity index is 499. The summed E-state index contributed by atoms with van der Waals surface area (Å²) in [6.45, 7) is 0.796. The first kappa shape index (κ1) is 11.1. The van der Waals surface area contributed by atoms with E-state index in [0.717, 1.165) is 13.0 Å². The van der Waals surface area contributed by atoms with E-state index in [9.17, 15) is 0 Å². The van der Waals surface area contributed by atoms with Gasteiger partial charge in [-0.05, 0) is 12.0 Å². The van der Waals surface area contributed by atoms with Gasteiger partial charge in [0.05, 0.1) is 12.4 Å². The van der Waals surface area contributed by atoms with Crippen molar-refractivity contribution in [3.05, 3.63) is 54.0 Å². The first-order valence-electron chi connectivity index (χ1n) is 5.38. The van der Waals surface area contributed by atoms with Crippen LogP contribution >= 0.6 is 0 Å². The van der Waals surface area contributed by atoms with E-state index in [1.807, 2.05) is 24.3 Å². The predicted octanol–water partition coefficient (Wildman–Crippen LogP) is 2.00. The number of hydrogen-bond donors (Lipinski definition) is 1. The zero-order valence-electron chi connectivity index (χ0n) is 9.30. The lowest BCUT2D eigenvalue weighted by atomic mass is 10.1. The second-order valence-corrected chi connectivity index (χ2v) is 3.56. The fourth-order valence-corrected chi connectivity index (χ4v) is 1.46. The standard InChI is InChI=1S/C13H12N4/c14-8-12-9-17-13(10-16-12)15-7-6-11-4-2-1-3-5-11/h1-5,9-10H,6-7H2,(H,15,17). The fraction of sp³-hybridized carbons (Fsp3) is 0.154. The van der Waals surface area contributed by atoms with Crippen LogP contribution in [-0.4, -0.2) is 16.5 Å². The summed E-state index contributed by atoms with van der Waals surface area (Å²) in [6.07, 6.45) is 3.97. The SMILES string of the molecule is N#Cc1cnc(NCCc2ccccc2)cn1. The van der Waals surface area contributed by atoms with E-state index >= 15 is 0 Å². The molecule has 0 saturated heterocycles. The number of anilines is 1. The monoisotopic (exact) mass is 224 g/mol. The zero-order valence-corrected chi connectivity index (χ0v) is 9.30. The smallest absolute Gasteiger partial charge is 0.158 e. The number of benzene rings is 1. The van der Waals surface area contributed by atoms with Gasteiger partial charge in [0.2, 0.25) is 0 Å². The molecule has 17 heavy (non-hydrogen) atoms. The van der Waals surface area contributed by atoms with Crippen molar-refractivity contribution in [1.29, 1.82) is 5.26 Å². The van der Waals surface area contributed by atoms with Crippen LogP contribution in [0.2, 0.25) is 0 Å². The minimum Gasteiger partial charge on any atom is -0.368 e. The number of rotatable bonds is 4. The van der Waals surface area contributed by atoms with Crippen LogP contribution in [0, 0.1) is 11.3 Å². The molecule has 2 rings (SSSR count). The van der Waals surface area contributed by atoms with E-state index in [1.54, 1.807) is 6.20 Å². The molecule has 1 heterocycles. The molecule has 1 N–H and O–H groups in total. The Morgan fingerprint density at radius 2 is 1.94 bits per heavy atom. The molecule has 0 amide bonds. The Morgan fingerprint density at radius 1 is 1.12 bits per heavy atom. The highest BCUT2D eigenvalue weighted by atomic mass is 15.0. The summed E-state index contributed by atoms with van der Waals surface area (Å²) >= 11 is 0. The molecule has 84 valence electrons. The molecule has 0 aliphatic heterocycles. The molecule has 1 aromatic heterocycles. The highest BCUT2D eigenvalue weighted by Crippen LogP contribution is 2.02. The van der Waals surface area contributed by atoms with E-state index in [4.69, 9.17) is 5.26 Å². The largest absolute Gasteiger partial charge is 0.368 e. The van der Waals surface area contributed by atoms with Crippen LogP contribution in [0.5, 0.6) is 0 Å². The van der Waals surface area contributed by atoms with Gasteiger partial charge in [0.25, 0.3) is 0 Å². The van der Waals surface area contributed by atoms with Crippen molar-refractivity contribution in [3.63, 3.8) is 0 Å². The fourth-order valence-electron chi connectivity index (χ4n) is 1.46. The highest BCUT2D eigenvalue weighted by Gasteiger charge is 1.96. The molecule has 0 bridgehead atoms. The van der Waals surface area contributed by atoms with E-state index in [2.05, 4.69) is 27.4 Å². The molecule has 0 saturated carbocycles. The lowest BCUT2D eigenvalue weighted by Gasteiger charge is -2.04. The number of aromatic nitrogens is 2. The van der Waals surface area contributed by atoms with E-state index in [-0.39, 0.29) is 0 Å². The summed E-state index contributed by atoms with van der Waals surface area (Å²) in [5.74, 6) is 0.694. The molecule has 0 atom stereocenters. The third kappa shape index (κ3) is 3.28. The Balaban J connectivity index is 1.84. The molecule has 4 heteroatoms.